The second-order valence-electron chi connectivity index (χ2n) is 6.22. The van der Waals surface area contributed by atoms with Gasteiger partial charge in [0.15, 0.2) is 0 Å². The summed E-state index contributed by atoms with van der Waals surface area (Å²) in [6.07, 6.45) is 4.48. The number of aliphatic hydroxyl groups is 1. The molecule has 2 atom stereocenters. The zero-order chi connectivity index (χ0) is 14.2. The van der Waals surface area contributed by atoms with Crippen LogP contribution >= 0.6 is 0 Å². The smallest absolute Gasteiger partial charge is 0.141 e. The Kier molecular flexibility index (Phi) is 3.61. The number of fused-ring (bicyclic) bond motifs is 2. The molecule has 2 unspecified atom stereocenters. The van der Waals surface area contributed by atoms with Gasteiger partial charge in [-0.2, -0.15) is 0 Å². The number of rotatable bonds is 4. The SMILES string of the molecule is COc1ccccc1NC1(CO)CC2CCC(C1)N2C. The number of anilines is 1. The number of hydrogen-bond acceptors (Lipinski definition) is 4. The number of para-hydroxylation sites is 2. The zero-order valence-corrected chi connectivity index (χ0v) is 12.3. The molecule has 2 heterocycles. The van der Waals surface area contributed by atoms with Gasteiger partial charge < -0.3 is 20.1 Å². The van der Waals surface area contributed by atoms with E-state index in [9.17, 15) is 5.11 Å². The van der Waals surface area contributed by atoms with Gasteiger partial charge in [-0.15, -0.1) is 0 Å². The molecule has 0 amide bonds. The topological polar surface area (TPSA) is 44.7 Å². The third kappa shape index (κ3) is 2.27. The van der Waals surface area contributed by atoms with E-state index in [4.69, 9.17) is 4.74 Å². The van der Waals surface area contributed by atoms with Crippen molar-refractivity contribution in [2.75, 3.05) is 26.1 Å². The largest absolute Gasteiger partial charge is 0.495 e. The van der Waals surface area contributed by atoms with E-state index in [-0.39, 0.29) is 12.1 Å². The van der Waals surface area contributed by atoms with E-state index in [1.165, 1.54) is 12.8 Å². The Morgan fingerprint density at radius 1 is 1.30 bits per heavy atom. The van der Waals surface area contributed by atoms with Crippen LogP contribution in [-0.2, 0) is 0 Å². The van der Waals surface area contributed by atoms with Gasteiger partial charge in [-0.05, 0) is 44.9 Å². The van der Waals surface area contributed by atoms with Crippen molar-refractivity contribution in [2.24, 2.45) is 0 Å². The summed E-state index contributed by atoms with van der Waals surface area (Å²) >= 11 is 0. The van der Waals surface area contributed by atoms with Crippen molar-refractivity contribution in [3.8, 4) is 5.75 Å². The predicted molar refractivity (Wildman–Crippen MR) is 80.2 cm³/mol. The van der Waals surface area contributed by atoms with Crippen molar-refractivity contribution in [2.45, 2.75) is 43.3 Å². The summed E-state index contributed by atoms with van der Waals surface area (Å²) in [4.78, 5) is 2.48. The Morgan fingerprint density at radius 2 is 1.95 bits per heavy atom. The Balaban J connectivity index is 1.84. The standard InChI is InChI=1S/C16H24N2O2/c1-18-12-7-8-13(18)10-16(9-12,11-19)17-14-5-3-4-6-15(14)20-2/h3-6,12-13,17,19H,7-11H2,1-2H3. The fourth-order valence-corrected chi connectivity index (χ4v) is 3.87. The van der Waals surface area contributed by atoms with Gasteiger partial charge in [-0.1, -0.05) is 12.1 Å². The van der Waals surface area contributed by atoms with Crippen LogP contribution in [0.5, 0.6) is 5.75 Å². The number of nitrogens with one attached hydrogen (secondary N) is 1. The van der Waals surface area contributed by atoms with E-state index < -0.39 is 0 Å². The number of benzene rings is 1. The molecule has 0 aliphatic carbocycles. The van der Waals surface area contributed by atoms with E-state index >= 15 is 0 Å². The molecule has 110 valence electrons. The molecule has 0 aromatic heterocycles. The van der Waals surface area contributed by atoms with E-state index in [2.05, 4.69) is 17.3 Å². The maximum absolute atomic E-state index is 9.99. The second-order valence-corrected chi connectivity index (χ2v) is 6.22. The van der Waals surface area contributed by atoms with E-state index in [1.54, 1.807) is 7.11 Å². The monoisotopic (exact) mass is 276 g/mol. The highest BCUT2D eigenvalue weighted by molar-refractivity contribution is 5.58. The first kappa shape index (κ1) is 13.7. The molecule has 3 rings (SSSR count). The lowest BCUT2D eigenvalue weighted by Gasteiger charge is -2.45. The van der Waals surface area contributed by atoms with Crippen LogP contribution in [0.1, 0.15) is 25.7 Å². The molecule has 2 bridgehead atoms. The average Bonchev–Trinajstić information content (AvgIpc) is 2.71. The van der Waals surface area contributed by atoms with Crippen molar-refractivity contribution in [1.82, 2.24) is 4.90 Å². The minimum absolute atomic E-state index is 0.173. The van der Waals surface area contributed by atoms with Crippen molar-refractivity contribution < 1.29 is 9.84 Å². The molecule has 1 aromatic rings. The number of aliphatic hydroxyl groups excluding tert-OH is 1. The highest BCUT2D eigenvalue weighted by atomic mass is 16.5. The molecule has 2 aliphatic rings. The summed E-state index contributed by atoms with van der Waals surface area (Å²) < 4.78 is 5.41. The van der Waals surface area contributed by atoms with Crippen LogP contribution in [-0.4, -0.2) is 48.4 Å². The number of piperidine rings is 1. The first-order valence-corrected chi connectivity index (χ1v) is 7.41. The summed E-state index contributed by atoms with van der Waals surface area (Å²) in [6, 6.07) is 9.12. The molecular weight excluding hydrogens is 252 g/mol. The molecule has 2 N–H and O–H groups in total. The molecular formula is C16H24N2O2. The first-order valence-electron chi connectivity index (χ1n) is 7.41. The number of methoxy groups -OCH3 is 1. The van der Waals surface area contributed by atoms with Gasteiger partial charge in [0, 0.05) is 12.1 Å². The summed E-state index contributed by atoms with van der Waals surface area (Å²) in [5, 5.41) is 13.6. The van der Waals surface area contributed by atoms with E-state index in [0.717, 1.165) is 24.3 Å². The molecule has 2 aliphatic heterocycles. The van der Waals surface area contributed by atoms with Gasteiger partial charge in [0.1, 0.15) is 5.75 Å². The van der Waals surface area contributed by atoms with Crippen molar-refractivity contribution >= 4 is 5.69 Å². The molecule has 0 spiro atoms. The van der Waals surface area contributed by atoms with Gasteiger partial charge in [-0.25, -0.2) is 0 Å². The summed E-state index contributed by atoms with van der Waals surface area (Å²) in [5.74, 6) is 0.839. The summed E-state index contributed by atoms with van der Waals surface area (Å²) in [6.45, 7) is 0.173. The summed E-state index contributed by atoms with van der Waals surface area (Å²) in [5.41, 5.74) is 0.764. The van der Waals surface area contributed by atoms with Crippen LogP contribution in [0.4, 0.5) is 5.69 Å². The maximum Gasteiger partial charge on any atom is 0.141 e. The van der Waals surface area contributed by atoms with Crippen molar-refractivity contribution in [3.05, 3.63) is 24.3 Å². The molecule has 0 radical (unpaired) electrons. The molecule has 4 nitrogen and oxygen atoms in total. The van der Waals surface area contributed by atoms with Gasteiger partial charge in [-0.3, -0.25) is 0 Å². The minimum Gasteiger partial charge on any atom is -0.495 e. The Morgan fingerprint density at radius 3 is 2.55 bits per heavy atom. The van der Waals surface area contributed by atoms with Crippen LogP contribution in [0.15, 0.2) is 24.3 Å². The van der Waals surface area contributed by atoms with Crippen LogP contribution in [0.3, 0.4) is 0 Å². The van der Waals surface area contributed by atoms with Crippen molar-refractivity contribution in [1.29, 1.82) is 0 Å². The van der Waals surface area contributed by atoms with Crippen molar-refractivity contribution in [3.63, 3.8) is 0 Å². The fourth-order valence-electron chi connectivity index (χ4n) is 3.87. The van der Waals surface area contributed by atoms with Gasteiger partial charge in [0.05, 0.1) is 24.9 Å². The number of ether oxygens (including phenoxy) is 1. The number of nitrogens with zero attached hydrogens (tertiary/aromatic N) is 1. The van der Waals surface area contributed by atoms with Crippen LogP contribution in [0.2, 0.25) is 0 Å². The average molecular weight is 276 g/mol. The van der Waals surface area contributed by atoms with Crippen LogP contribution < -0.4 is 10.1 Å². The highest BCUT2D eigenvalue weighted by Crippen LogP contribution is 2.42. The summed E-state index contributed by atoms with van der Waals surface area (Å²) in [7, 11) is 3.90. The Labute approximate surface area is 120 Å². The molecule has 1 aromatic carbocycles. The Hall–Kier alpha value is -1.26. The first-order chi connectivity index (χ1) is 9.67. The third-order valence-corrected chi connectivity index (χ3v) is 5.05. The van der Waals surface area contributed by atoms with Crippen LogP contribution in [0.25, 0.3) is 0 Å². The fraction of sp³-hybridized carbons (Fsp3) is 0.625. The molecule has 20 heavy (non-hydrogen) atoms. The van der Waals surface area contributed by atoms with E-state index in [0.29, 0.717) is 12.1 Å². The normalized spacial score (nSPS) is 33.1. The van der Waals surface area contributed by atoms with E-state index in [1.807, 2.05) is 24.3 Å². The predicted octanol–water partition coefficient (Wildman–Crippen LogP) is 2.09. The lowest BCUT2D eigenvalue weighted by molar-refractivity contribution is 0.0832. The third-order valence-electron chi connectivity index (χ3n) is 5.05. The zero-order valence-electron chi connectivity index (χ0n) is 12.3. The Bertz CT molecular complexity index is 463. The highest BCUT2D eigenvalue weighted by Gasteiger charge is 2.46. The molecule has 2 saturated heterocycles. The molecule has 4 heteroatoms. The second kappa shape index (κ2) is 5.26. The molecule has 0 saturated carbocycles. The maximum atomic E-state index is 9.99. The molecule has 2 fully saturated rings. The quantitative estimate of drug-likeness (QED) is 0.884. The van der Waals surface area contributed by atoms with Gasteiger partial charge in [0.25, 0.3) is 0 Å². The number of hydrogen-bond donors (Lipinski definition) is 2. The van der Waals surface area contributed by atoms with Gasteiger partial charge >= 0.3 is 0 Å². The van der Waals surface area contributed by atoms with Gasteiger partial charge in [0.2, 0.25) is 0 Å². The lowest BCUT2D eigenvalue weighted by Crippen LogP contribution is -2.55. The minimum atomic E-state index is -0.215. The lowest BCUT2D eigenvalue weighted by atomic mass is 9.83. The van der Waals surface area contributed by atoms with Crippen LogP contribution in [0, 0.1) is 0 Å².